The van der Waals surface area contributed by atoms with E-state index in [1.165, 1.54) is 19.3 Å². The quantitative estimate of drug-likeness (QED) is 0.886. The zero-order valence-corrected chi connectivity index (χ0v) is 15.4. The minimum atomic E-state index is -0.00195. The van der Waals surface area contributed by atoms with Crippen LogP contribution in [0.1, 0.15) is 50.5 Å². The average Bonchev–Trinajstić information content (AvgIpc) is 2.67. The Kier molecular flexibility index (Phi) is 6.35. The molecule has 1 N–H and O–H groups in total. The molecule has 2 aliphatic rings. The largest absolute Gasteiger partial charge is 0.352 e. The van der Waals surface area contributed by atoms with Gasteiger partial charge in [0.05, 0.1) is 0 Å². The lowest BCUT2D eigenvalue weighted by atomic mass is 9.87. The third-order valence-electron chi connectivity index (χ3n) is 5.54. The maximum Gasteiger partial charge on any atom is 0.225 e. The molecule has 0 radical (unpaired) electrons. The van der Waals surface area contributed by atoms with Gasteiger partial charge in [-0.3, -0.25) is 9.59 Å². The molecule has 2 amide bonds. The minimum Gasteiger partial charge on any atom is -0.352 e. The molecule has 0 spiro atoms. The number of likely N-dealkylation sites (tertiary alicyclic amines) is 1. The summed E-state index contributed by atoms with van der Waals surface area (Å²) in [4.78, 5) is 27.0. The molecule has 1 aliphatic heterocycles. The minimum absolute atomic E-state index is 0.00195. The van der Waals surface area contributed by atoms with Crippen LogP contribution < -0.4 is 5.32 Å². The number of nitrogens with one attached hydrogen (secondary N) is 1. The number of hydrogen-bond acceptors (Lipinski definition) is 2. The Labute approximate surface area is 154 Å². The van der Waals surface area contributed by atoms with Crippen LogP contribution in [-0.2, 0) is 16.1 Å². The Morgan fingerprint density at radius 3 is 2.36 bits per heavy atom. The van der Waals surface area contributed by atoms with E-state index in [9.17, 15) is 9.59 Å². The number of halogens is 1. The first-order valence-electron chi connectivity index (χ1n) is 9.45. The van der Waals surface area contributed by atoms with Crippen molar-refractivity contribution in [3.63, 3.8) is 0 Å². The normalized spacial score (nSPS) is 19.6. The van der Waals surface area contributed by atoms with E-state index in [2.05, 4.69) is 5.32 Å². The highest BCUT2D eigenvalue weighted by Crippen LogP contribution is 2.27. The van der Waals surface area contributed by atoms with Crippen LogP contribution in [0.2, 0.25) is 5.02 Å². The van der Waals surface area contributed by atoms with Crippen molar-refractivity contribution >= 4 is 23.4 Å². The lowest BCUT2D eigenvalue weighted by Gasteiger charge is -2.34. The molecule has 25 heavy (non-hydrogen) atoms. The first kappa shape index (κ1) is 18.2. The van der Waals surface area contributed by atoms with Crippen molar-refractivity contribution < 1.29 is 9.59 Å². The van der Waals surface area contributed by atoms with Gasteiger partial charge >= 0.3 is 0 Å². The molecule has 1 heterocycles. The van der Waals surface area contributed by atoms with Gasteiger partial charge in [0.25, 0.3) is 0 Å². The van der Waals surface area contributed by atoms with E-state index in [0.717, 1.165) is 31.2 Å². The molecule has 1 aromatic carbocycles. The van der Waals surface area contributed by atoms with Crippen molar-refractivity contribution in [3.05, 3.63) is 34.9 Å². The van der Waals surface area contributed by atoms with Gasteiger partial charge in [-0.05, 0) is 37.3 Å². The fourth-order valence-electron chi connectivity index (χ4n) is 3.94. The molecule has 0 unspecified atom stereocenters. The molecule has 2 fully saturated rings. The third kappa shape index (κ3) is 4.75. The highest BCUT2D eigenvalue weighted by molar-refractivity contribution is 6.31. The van der Waals surface area contributed by atoms with Crippen molar-refractivity contribution in [1.82, 2.24) is 10.2 Å². The molecule has 1 saturated heterocycles. The van der Waals surface area contributed by atoms with Crippen molar-refractivity contribution in [2.24, 2.45) is 11.8 Å². The average molecular weight is 363 g/mol. The van der Waals surface area contributed by atoms with Gasteiger partial charge in [0, 0.05) is 36.5 Å². The maximum absolute atomic E-state index is 12.6. The second-order valence-corrected chi connectivity index (χ2v) is 7.65. The van der Waals surface area contributed by atoms with Crippen LogP contribution in [0.25, 0.3) is 0 Å². The topological polar surface area (TPSA) is 49.4 Å². The maximum atomic E-state index is 12.6. The number of carbonyl (C=O) groups excluding carboxylic acids is 2. The van der Waals surface area contributed by atoms with Crippen LogP contribution in [0.15, 0.2) is 24.3 Å². The van der Waals surface area contributed by atoms with Crippen molar-refractivity contribution in [2.75, 3.05) is 13.1 Å². The predicted molar refractivity (Wildman–Crippen MR) is 99.2 cm³/mol. The fourth-order valence-corrected chi connectivity index (χ4v) is 4.14. The van der Waals surface area contributed by atoms with Gasteiger partial charge in [-0.1, -0.05) is 49.1 Å². The molecule has 1 aromatic rings. The van der Waals surface area contributed by atoms with E-state index >= 15 is 0 Å². The Hall–Kier alpha value is -1.55. The van der Waals surface area contributed by atoms with Gasteiger partial charge in [0.2, 0.25) is 11.8 Å². The van der Waals surface area contributed by atoms with E-state index in [-0.39, 0.29) is 17.7 Å². The van der Waals surface area contributed by atoms with E-state index in [4.69, 9.17) is 11.6 Å². The monoisotopic (exact) mass is 362 g/mol. The molecule has 1 saturated carbocycles. The molecular formula is C20H27ClN2O2. The Balaban J connectivity index is 1.44. The first-order chi connectivity index (χ1) is 12.1. The predicted octanol–water partition coefficient (Wildman–Crippen LogP) is 3.78. The molecule has 5 heteroatoms. The van der Waals surface area contributed by atoms with Crippen molar-refractivity contribution in [1.29, 1.82) is 0 Å². The third-order valence-corrected chi connectivity index (χ3v) is 5.91. The summed E-state index contributed by atoms with van der Waals surface area (Å²) in [5.41, 5.74) is 0.933. The van der Waals surface area contributed by atoms with Gasteiger partial charge in [0.1, 0.15) is 0 Å². The SMILES string of the molecule is O=C(NCc1ccccc1Cl)C1CCN(C(=O)C2CCCCC2)CC1. The number of rotatable bonds is 4. The van der Waals surface area contributed by atoms with Crippen molar-refractivity contribution in [2.45, 2.75) is 51.5 Å². The van der Waals surface area contributed by atoms with Crippen LogP contribution in [0.4, 0.5) is 0 Å². The van der Waals surface area contributed by atoms with Crippen molar-refractivity contribution in [3.8, 4) is 0 Å². The second kappa shape index (κ2) is 8.70. The number of nitrogens with zero attached hydrogens (tertiary/aromatic N) is 1. The molecular weight excluding hydrogens is 336 g/mol. The number of piperidine rings is 1. The molecule has 0 bridgehead atoms. The molecule has 3 rings (SSSR count). The second-order valence-electron chi connectivity index (χ2n) is 7.24. The summed E-state index contributed by atoms with van der Waals surface area (Å²) in [5, 5.41) is 3.67. The molecule has 0 atom stereocenters. The number of benzene rings is 1. The van der Waals surface area contributed by atoms with Gasteiger partial charge in [-0.25, -0.2) is 0 Å². The summed E-state index contributed by atoms with van der Waals surface area (Å²) < 4.78 is 0. The molecule has 136 valence electrons. The number of carbonyl (C=O) groups is 2. The summed E-state index contributed by atoms with van der Waals surface area (Å²) in [6.07, 6.45) is 7.21. The number of hydrogen-bond donors (Lipinski definition) is 1. The Bertz CT molecular complexity index is 605. The molecule has 0 aromatic heterocycles. The fraction of sp³-hybridized carbons (Fsp3) is 0.600. The smallest absolute Gasteiger partial charge is 0.225 e. The number of amides is 2. The van der Waals surface area contributed by atoms with Crippen LogP contribution in [0.3, 0.4) is 0 Å². The van der Waals surface area contributed by atoms with E-state index in [0.29, 0.717) is 30.6 Å². The summed E-state index contributed by atoms with van der Waals surface area (Å²) in [6.45, 7) is 1.87. The van der Waals surface area contributed by atoms with Crippen LogP contribution >= 0.6 is 11.6 Å². The van der Waals surface area contributed by atoms with E-state index < -0.39 is 0 Å². The first-order valence-corrected chi connectivity index (χ1v) is 9.83. The Morgan fingerprint density at radius 1 is 1.00 bits per heavy atom. The van der Waals surface area contributed by atoms with Crippen LogP contribution in [0.5, 0.6) is 0 Å². The van der Waals surface area contributed by atoms with E-state index in [1.807, 2.05) is 29.2 Å². The van der Waals surface area contributed by atoms with Gasteiger partial charge in [-0.15, -0.1) is 0 Å². The highest BCUT2D eigenvalue weighted by atomic mass is 35.5. The van der Waals surface area contributed by atoms with Crippen LogP contribution in [-0.4, -0.2) is 29.8 Å². The lowest BCUT2D eigenvalue weighted by Crippen LogP contribution is -2.45. The standard InChI is InChI=1S/C20H27ClN2O2/c21-18-9-5-4-8-17(18)14-22-19(24)15-10-12-23(13-11-15)20(25)16-6-2-1-3-7-16/h4-5,8-9,15-16H,1-3,6-7,10-14H2,(H,22,24). The summed E-state index contributed by atoms with van der Waals surface area (Å²) in [6, 6.07) is 7.56. The zero-order chi connectivity index (χ0) is 17.6. The summed E-state index contributed by atoms with van der Waals surface area (Å²) in [7, 11) is 0. The van der Waals surface area contributed by atoms with E-state index in [1.54, 1.807) is 0 Å². The summed E-state index contributed by atoms with van der Waals surface area (Å²) in [5.74, 6) is 0.608. The van der Waals surface area contributed by atoms with Gasteiger partial charge in [0.15, 0.2) is 0 Å². The molecule has 1 aliphatic carbocycles. The Morgan fingerprint density at radius 2 is 1.68 bits per heavy atom. The zero-order valence-electron chi connectivity index (χ0n) is 14.7. The lowest BCUT2D eigenvalue weighted by molar-refractivity contribution is -0.140. The van der Waals surface area contributed by atoms with Crippen LogP contribution in [0, 0.1) is 11.8 Å². The molecule has 4 nitrogen and oxygen atoms in total. The van der Waals surface area contributed by atoms with Gasteiger partial charge in [-0.2, -0.15) is 0 Å². The van der Waals surface area contributed by atoms with Gasteiger partial charge < -0.3 is 10.2 Å². The summed E-state index contributed by atoms with van der Waals surface area (Å²) >= 11 is 6.13. The highest BCUT2D eigenvalue weighted by Gasteiger charge is 2.31.